The molecule has 93 valence electrons. The number of pyridine rings is 2. The number of benzene rings is 2. The van der Waals surface area contributed by atoms with Gasteiger partial charge in [-0.2, -0.15) is 0 Å². The summed E-state index contributed by atoms with van der Waals surface area (Å²) in [6.07, 6.45) is 1.81. The van der Waals surface area contributed by atoms with Crippen LogP contribution in [0.5, 0.6) is 0 Å². The second-order valence-corrected chi connectivity index (χ2v) is 4.70. The third kappa shape index (κ3) is 1.74. The molecule has 0 atom stereocenters. The molecule has 0 saturated carbocycles. The van der Waals surface area contributed by atoms with Gasteiger partial charge >= 0.3 is 0 Å². The van der Waals surface area contributed by atoms with Crippen LogP contribution in [0.1, 0.15) is 0 Å². The highest BCUT2D eigenvalue weighted by Crippen LogP contribution is 2.25. The molecular formula is C18H11N2. The van der Waals surface area contributed by atoms with E-state index in [1.165, 1.54) is 0 Å². The number of rotatable bonds is 1. The van der Waals surface area contributed by atoms with Crippen molar-refractivity contribution in [1.29, 1.82) is 0 Å². The van der Waals surface area contributed by atoms with Gasteiger partial charge in [-0.25, -0.2) is 4.98 Å². The lowest BCUT2D eigenvalue weighted by Crippen LogP contribution is -1.88. The van der Waals surface area contributed by atoms with Crippen LogP contribution in [-0.4, -0.2) is 9.97 Å². The van der Waals surface area contributed by atoms with Gasteiger partial charge in [-0.05, 0) is 24.3 Å². The van der Waals surface area contributed by atoms with Crippen LogP contribution in [0.3, 0.4) is 0 Å². The van der Waals surface area contributed by atoms with Gasteiger partial charge in [0, 0.05) is 22.5 Å². The molecule has 4 aromatic rings. The van der Waals surface area contributed by atoms with Crippen LogP contribution < -0.4 is 0 Å². The van der Waals surface area contributed by atoms with E-state index in [1.807, 2.05) is 42.6 Å². The van der Waals surface area contributed by atoms with E-state index in [2.05, 4.69) is 35.3 Å². The minimum absolute atomic E-state index is 0.949. The zero-order valence-corrected chi connectivity index (χ0v) is 10.7. The molecule has 2 nitrogen and oxygen atoms in total. The van der Waals surface area contributed by atoms with Crippen LogP contribution in [0.2, 0.25) is 0 Å². The van der Waals surface area contributed by atoms with Crippen molar-refractivity contribution in [1.82, 2.24) is 9.97 Å². The number of nitrogens with zero attached hydrogens (tertiary/aromatic N) is 2. The van der Waals surface area contributed by atoms with Crippen LogP contribution in [0, 0.1) is 6.07 Å². The molecule has 0 saturated heterocycles. The van der Waals surface area contributed by atoms with E-state index in [9.17, 15) is 0 Å². The van der Waals surface area contributed by atoms with Crippen molar-refractivity contribution in [2.24, 2.45) is 0 Å². The molecule has 20 heavy (non-hydrogen) atoms. The van der Waals surface area contributed by atoms with Gasteiger partial charge in [0.05, 0.1) is 16.7 Å². The molecule has 2 aromatic heterocycles. The van der Waals surface area contributed by atoms with Crippen LogP contribution in [0.25, 0.3) is 33.1 Å². The van der Waals surface area contributed by atoms with E-state index < -0.39 is 0 Å². The second-order valence-electron chi connectivity index (χ2n) is 4.70. The minimum atomic E-state index is 0.949. The third-order valence-electron chi connectivity index (χ3n) is 3.43. The summed E-state index contributed by atoms with van der Waals surface area (Å²) in [5.41, 5.74) is 3.92. The van der Waals surface area contributed by atoms with Crippen molar-refractivity contribution < 1.29 is 0 Å². The normalized spacial score (nSPS) is 11.0. The van der Waals surface area contributed by atoms with E-state index in [0.717, 1.165) is 33.1 Å². The first-order valence-corrected chi connectivity index (χ1v) is 6.53. The van der Waals surface area contributed by atoms with Gasteiger partial charge in [0.2, 0.25) is 0 Å². The lowest BCUT2D eigenvalue weighted by Gasteiger charge is -2.05. The summed E-state index contributed by atoms with van der Waals surface area (Å²) in [5, 5.41) is 2.23. The molecule has 0 bridgehead atoms. The van der Waals surface area contributed by atoms with Crippen LogP contribution >= 0.6 is 0 Å². The summed E-state index contributed by atoms with van der Waals surface area (Å²) in [6, 6.07) is 23.3. The fourth-order valence-electron chi connectivity index (χ4n) is 2.44. The fourth-order valence-corrected chi connectivity index (χ4v) is 2.44. The van der Waals surface area contributed by atoms with E-state index in [1.54, 1.807) is 0 Å². The van der Waals surface area contributed by atoms with Gasteiger partial charge in [0.25, 0.3) is 0 Å². The third-order valence-corrected chi connectivity index (χ3v) is 3.43. The van der Waals surface area contributed by atoms with Gasteiger partial charge in [-0.15, -0.1) is 0 Å². The molecule has 0 amide bonds. The molecule has 2 heteroatoms. The number of hydrogen-bond donors (Lipinski definition) is 0. The average Bonchev–Trinajstić information content (AvgIpc) is 2.55. The summed E-state index contributed by atoms with van der Waals surface area (Å²) in [7, 11) is 0. The maximum absolute atomic E-state index is 4.79. The molecule has 2 aromatic carbocycles. The smallest absolute Gasteiger partial charge is 0.0972 e. The Hall–Kier alpha value is -2.74. The second kappa shape index (κ2) is 4.42. The summed E-state index contributed by atoms with van der Waals surface area (Å²) in [6.45, 7) is 0. The van der Waals surface area contributed by atoms with Crippen molar-refractivity contribution in [2.75, 3.05) is 0 Å². The highest BCUT2D eigenvalue weighted by molar-refractivity contribution is 6.03. The first-order valence-electron chi connectivity index (χ1n) is 6.53. The highest BCUT2D eigenvalue weighted by Gasteiger charge is 2.05. The molecule has 0 unspecified atom stereocenters. The zero-order chi connectivity index (χ0) is 13.4. The van der Waals surface area contributed by atoms with Gasteiger partial charge in [-0.1, -0.05) is 42.5 Å². The maximum atomic E-state index is 4.79. The number of hydrogen-bond acceptors (Lipinski definition) is 2. The highest BCUT2D eigenvalue weighted by atomic mass is 14.7. The summed E-state index contributed by atoms with van der Waals surface area (Å²) < 4.78 is 0. The molecule has 0 aliphatic rings. The molecule has 2 heterocycles. The van der Waals surface area contributed by atoms with Gasteiger partial charge in [0.15, 0.2) is 0 Å². The maximum Gasteiger partial charge on any atom is 0.0972 e. The van der Waals surface area contributed by atoms with E-state index in [-0.39, 0.29) is 0 Å². The van der Waals surface area contributed by atoms with E-state index >= 15 is 0 Å². The van der Waals surface area contributed by atoms with Crippen LogP contribution in [0.15, 0.2) is 66.9 Å². The van der Waals surface area contributed by atoms with Crippen molar-refractivity contribution in [2.45, 2.75) is 0 Å². The Morgan fingerprint density at radius 1 is 0.800 bits per heavy atom. The standard InChI is InChI=1S/C18H11N2/c1-2-5-13(6-3-1)16-11-10-15-9-8-14-7-4-12-19-17(14)18(15)20-16/h1-2,4-12H. The largest absolute Gasteiger partial charge is 0.254 e. The van der Waals surface area contributed by atoms with E-state index in [4.69, 9.17) is 4.98 Å². The van der Waals surface area contributed by atoms with Crippen molar-refractivity contribution in [3.05, 3.63) is 72.9 Å². The average molecular weight is 255 g/mol. The molecular weight excluding hydrogens is 244 g/mol. The summed E-state index contributed by atoms with van der Waals surface area (Å²) in [5.74, 6) is 0. The summed E-state index contributed by atoms with van der Waals surface area (Å²) in [4.78, 5) is 9.26. The van der Waals surface area contributed by atoms with Gasteiger partial charge < -0.3 is 0 Å². The monoisotopic (exact) mass is 255 g/mol. The van der Waals surface area contributed by atoms with Crippen LogP contribution in [-0.2, 0) is 0 Å². The number of aromatic nitrogens is 2. The van der Waals surface area contributed by atoms with E-state index in [0.29, 0.717) is 0 Å². The van der Waals surface area contributed by atoms with Gasteiger partial charge in [-0.3, -0.25) is 4.98 Å². The van der Waals surface area contributed by atoms with Crippen LogP contribution in [0.4, 0.5) is 0 Å². The number of fused-ring (bicyclic) bond motifs is 3. The zero-order valence-electron chi connectivity index (χ0n) is 10.7. The first-order chi connectivity index (χ1) is 9.92. The Labute approximate surface area is 116 Å². The Balaban J connectivity index is 2.05. The van der Waals surface area contributed by atoms with Gasteiger partial charge in [0.1, 0.15) is 0 Å². The topological polar surface area (TPSA) is 25.8 Å². The molecule has 0 fully saturated rings. The molecule has 4 rings (SSSR count). The molecule has 0 aliphatic heterocycles. The van der Waals surface area contributed by atoms with Crippen molar-refractivity contribution in [3.8, 4) is 11.3 Å². The molecule has 0 aliphatic carbocycles. The lowest BCUT2D eigenvalue weighted by molar-refractivity contribution is 1.37. The minimum Gasteiger partial charge on any atom is -0.254 e. The SMILES string of the molecule is [c]1cccc(-c2ccc3ccc4cccnc4c3n2)c1. The van der Waals surface area contributed by atoms with Crippen molar-refractivity contribution >= 4 is 21.8 Å². The predicted octanol–water partition coefficient (Wildman–Crippen LogP) is 4.25. The Morgan fingerprint density at radius 2 is 1.65 bits per heavy atom. The van der Waals surface area contributed by atoms with Crippen molar-refractivity contribution in [3.63, 3.8) is 0 Å². The lowest BCUT2D eigenvalue weighted by atomic mass is 10.1. The molecule has 0 spiro atoms. The predicted molar refractivity (Wildman–Crippen MR) is 81.3 cm³/mol. The summed E-state index contributed by atoms with van der Waals surface area (Å²) >= 11 is 0. The molecule has 1 radical (unpaired) electrons. The fraction of sp³-hybridized carbons (Fsp3) is 0. The quantitative estimate of drug-likeness (QED) is 0.475. The Bertz CT molecular complexity index is 899. The first kappa shape index (κ1) is 11.1. The Kier molecular flexibility index (Phi) is 2.46. The Morgan fingerprint density at radius 3 is 2.50 bits per heavy atom. The molecule has 0 N–H and O–H groups in total.